The minimum absolute atomic E-state index is 0.0407. The van der Waals surface area contributed by atoms with Crippen molar-refractivity contribution >= 4 is 15.9 Å². The molecule has 1 heterocycles. The molecule has 1 amide bonds. The normalized spacial score (nSPS) is 12.8. The number of nitrogens with zero attached hydrogens (tertiary/aromatic N) is 2. The van der Waals surface area contributed by atoms with E-state index in [4.69, 9.17) is 0 Å². The third-order valence-corrected chi connectivity index (χ3v) is 5.52. The van der Waals surface area contributed by atoms with Gasteiger partial charge in [0.15, 0.2) is 0 Å². The van der Waals surface area contributed by atoms with Crippen LogP contribution in [0.1, 0.15) is 18.5 Å². The first-order valence-corrected chi connectivity index (χ1v) is 9.13. The summed E-state index contributed by atoms with van der Waals surface area (Å²) in [5.74, 6) is -0.377. The van der Waals surface area contributed by atoms with Gasteiger partial charge in [0.1, 0.15) is 6.54 Å². The Kier molecular flexibility index (Phi) is 5.76. The summed E-state index contributed by atoms with van der Waals surface area (Å²) in [7, 11) is -0.872. The minimum atomic E-state index is -3.68. The molecule has 0 aliphatic rings. The lowest BCUT2D eigenvalue weighted by molar-refractivity contribution is -0.122. The molecule has 2 aromatic rings. The minimum Gasteiger partial charge on any atom is -0.348 e. The number of pyridine rings is 1. The summed E-state index contributed by atoms with van der Waals surface area (Å²) in [6.45, 7) is 1.58. The molecule has 1 atom stereocenters. The first kappa shape index (κ1) is 18.9. The van der Waals surface area contributed by atoms with E-state index in [-0.39, 0.29) is 23.4 Å². The molecule has 1 aromatic heterocycles. The molecular formula is C17H21N3O4S. The Labute approximate surface area is 147 Å². The third-order valence-electron chi connectivity index (χ3n) is 3.73. The van der Waals surface area contributed by atoms with Crippen molar-refractivity contribution in [1.82, 2.24) is 14.2 Å². The summed E-state index contributed by atoms with van der Waals surface area (Å²) < 4.78 is 26.4. The molecule has 0 spiro atoms. The van der Waals surface area contributed by atoms with Gasteiger partial charge >= 0.3 is 0 Å². The number of carbonyl (C=O) groups is 1. The van der Waals surface area contributed by atoms with Crippen molar-refractivity contribution in [3.8, 4) is 0 Å². The maximum absolute atomic E-state index is 12.2. The Morgan fingerprint density at radius 2 is 1.80 bits per heavy atom. The molecule has 134 valence electrons. The van der Waals surface area contributed by atoms with Crippen molar-refractivity contribution in [2.24, 2.45) is 0 Å². The molecule has 0 saturated heterocycles. The maximum Gasteiger partial charge on any atom is 0.251 e. The molecule has 8 heteroatoms. The van der Waals surface area contributed by atoms with E-state index in [1.165, 1.54) is 26.4 Å². The Bertz CT molecular complexity index is 905. The van der Waals surface area contributed by atoms with Crippen LogP contribution >= 0.6 is 0 Å². The van der Waals surface area contributed by atoms with Gasteiger partial charge in [0.25, 0.3) is 5.56 Å². The van der Waals surface area contributed by atoms with Gasteiger partial charge in [0, 0.05) is 26.4 Å². The van der Waals surface area contributed by atoms with Gasteiger partial charge in [-0.2, -0.15) is 0 Å². The molecule has 1 N–H and O–H groups in total. The Hall–Kier alpha value is -2.45. The average molecular weight is 363 g/mol. The predicted molar refractivity (Wildman–Crippen MR) is 94.6 cm³/mol. The third kappa shape index (κ3) is 4.55. The van der Waals surface area contributed by atoms with E-state index in [0.717, 1.165) is 20.5 Å². The summed E-state index contributed by atoms with van der Waals surface area (Å²) in [5.41, 5.74) is 0.493. The Balaban J connectivity index is 2.17. The number of nitrogens with one attached hydrogen (secondary N) is 1. The highest BCUT2D eigenvalue weighted by molar-refractivity contribution is 7.89. The number of aromatic nitrogens is 1. The maximum atomic E-state index is 12.2. The lowest BCUT2D eigenvalue weighted by Gasteiger charge is -2.16. The van der Waals surface area contributed by atoms with Crippen LogP contribution in [0.15, 0.2) is 58.4 Å². The van der Waals surface area contributed by atoms with Gasteiger partial charge in [-0.1, -0.05) is 30.3 Å². The van der Waals surface area contributed by atoms with Gasteiger partial charge in [-0.15, -0.1) is 0 Å². The van der Waals surface area contributed by atoms with E-state index in [1.54, 1.807) is 0 Å². The molecule has 1 unspecified atom stereocenters. The van der Waals surface area contributed by atoms with Gasteiger partial charge < -0.3 is 9.88 Å². The van der Waals surface area contributed by atoms with Crippen LogP contribution in [0.5, 0.6) is 0 Å². The molecule has 1 aromatic carbocycles. The zero-order valence-electron chi connectivity index (χ0n) is 14.3. The summed E-state index contributed by atoms with van der Waals surface area (Å²) in [5, 5.41) is 2.79. The zero-order valence-corrected chi connectivity index (χ0v) is 15.2. The molecular weight excluding hydrogens is 342 g/mol. The summed E-state index contributed by atoms with van der Waals surface area (Å²) in [6, 6.07) is 11.6. The molecule has 0 radical (unpaired) electrons. The summed E-state index contributed by atoms with van der Waals surface area (Å²) in [6.07, 6.45) is 1.18. The number of amides is 1. The number of sulfonamides is 1. The second-order valence-electron chi connectivity index (χ2n) is 5.82. The quantitative estimate of drug-likeness (QED) is 0.828. The molecule has 0 fully saturated rings. The highest BCUT2D eigenvalue weighted by Gasteiger charge is 2.19. The average Bonchev–Trinajstić information content (AvgIpc) is 2.57. The standard InChI is InChI=1S/C17H21N3O4S/c1-13(14-7-5-4-6-8-14)18-16(21)12-20-11-15(9-10-17(20)22)25(23,24)19(2)3/h4-11,13H,12H2,1-3H3,(H,18,21). The summed E-state index contributed by atoms with van der Waals surface area (Å²) >= 11 is 0. The van der Waals surface area contributed by atoms with Gasteiger partial charge in [0.2, 0.25) is 15.9 Å². The number of rotatable bonds is 6. The molecule has 0 saturated carbocycles. The first-order valence-electron chi connectivity index (χ1n) is 7.69. The Morgan fingerprint density at radius 3 is 2.40 bits per heavy atom. The van der Waals surface area contributed by atoms with Crippen LogP contribution in [0.3, 0.4) is 0 Å². The predicted octanol–water partition coefficient (Wildman–Crippen LogP) is 0.976. The molecule has 0 aliphatic carbocycles. The van der Waals surface area contributed by atoms with Crippen LogP contribution in [-0.4, -0.2) is 37.3 Å². The SMILES string of the molecule is CC(NC(=O)Cn1cc(S(=O)(=O)N(C)C)ccc1=O)c1ccccc1. The number of hydrogen-bond acceptors (Lipinski definition) is 4. The van der Waals surface area contributed by atoms with Crippen LogP contribution in [0.2, 0.25) is 0 Å². The number of hydrogen-bond donors (Lipinski definition) is 1. The van der Waals surface area contributed by atoms with Crippen LogP contribution < -0.4 is 10.9 Å². The second kappa shape index (κ2) is 7.62. The first-order chi connectivity index (χ1) is 11.7. The summed E-state index contributed by atoms with van der Waals surface area (Å²) in [4.78, 5) is 24.1. The lowest BCUT2D eigenvalue weighted by Crippen LogP contribution is -2.34. The van der Waals surface area contributed by atoms with Gasteiger partial charge in [0.05, 0.1) is 10.9 Å². The van der Waals surface area contributed by atoms with Crippen molar-refractivity contribution in [3.63, 3.8) is 0 Å². The largest absolute Gasteiger partial charge is 0.348 e. The van der Waals surface area contributed by atoms with Gasteiger partial charge in [-0.05, 0) is 18.6 Å². The van der Waals surface area contributed by atoms with Crippen LogP contribution in [0.25, 0.3) is 0 Å². The van der Waals surface area contributed by atoms with Crippen molar-refractivity contribution in [3.05, 3.63) is 64.6 Å². The van der Waals surface area contributed by atoms with Crippen LogP contribution in [-0.2, 0) is 21.4 Å². The fourth-order valence-corrected chi connectivity index (χ4v) is 3.19. The molecule has 7 nitrogen and oxygen atoms in total. The van der Waals surface area contributed by atoms with E-state index in [9.17, 15) is 18.0 Å². The van der Waals surface area contributed by atoms with Crippen molar-refractivity contribution in [2.75, 3.05) is 14.1 Å². The van der Waals surface area contributed by atoms with Gasteiger partial charge in [-0.25, -0.2) is 12.7 Å². The molecule has 2 rings (SSSR count). The van der Waals surface area contributed by atoms with Crippen molar-refractivity contribution in [1.29, 1.82) is 0 Å². The van der Waals surface area contributed by atoms with Crippen LogP contribution in [0.4, 0.5) is 0 Å². The topological polar surface area (TPSA) is 88.5 Å². The van der Waals surface area contributed by atoms with Gasteiger partial charge in [-0.3, -0.25) is 9.59 Å². The molecule has 0 bridgehead atoms. The lowest BCUT2D eigenvalue weighted by atomic mass is 10.1. The van der Waals surface area contributed by atoms with E-state index in [0.29, 0.717) is 0 Å². The van der Waals surface area contributed by atoms with E-state index in [2.05, 4.69) is 5.32 Å². The Morgan fingerprint density at radius 1 is 1.16 bits per heavy atom. The fraction of sp³-hybridized carbons (Fsp3) is 0.294. The highest BCUT2D eigenvalue weighted by Crippen LogP contribution is 2.12. The van der Waals surface area contributed by atoms with Crippen molar-refractivity contribution in [2.45, 2.75) is 24.4 Å². The van der Waals surface area contributed by atoms with Crippen molar-refractivity contribution < 1.29 is 13.2 Å². The van der Waals surface area contributed by atoms with E-state index in [1.807, 2.05) is 37.3 Å². The molecule has 0 aliphatic heterocycles. The number of carbonyl (C=O) groups excluding carboxylic acids is 1. The van der Waals surface area contributed by atoms with Crippen LogP contribution in [0, 0.1) is 0 Å². The van der Waals surface area contributed by atoms with E-state index >= 15 is 0 Å². The second-order valence-corrected chi connectivity index (χ2v) is 7.97. The number of benzene rings is 1. The fourth-order valence-electron chi connectivity index (χ4n) is 2.26. The highest BCUT2D eigenvalue weighted by atomic mass is 32.2. The molecule has 25 heavy (non-hydrogen) atoms. The smallest absolute Gasteiger partial charge is 0.251 e. The monoisotopic (exact) mass is 363 g/mol. The van der Waals surface area contributed by atoms with E-state index < -0.39 is 15.6 Å². The zero-order chi connectivity index (χ0) is 18.6.